The monoisotopic (exact) mass is 304 g/mol. The third-order valence-corrected chi connectivity index (χ3v) is 5.08. The number of thiazole rings is 1. The molecule has 0 atom stereocenters. The highest BCUT2D eigenvalue weighted by atomic mass is 32.1. The molecule has 0 unspecified atom stereocenters. The first-order chi connectivity index (χ1) is 9.60. The molecule has 4 nitrogen and oxygen atoms in total. The van der Waals surface area contributed by atoms with E-state index in [1.165, 1.54) is 16.2 Å². The summed E-state index contributed by atoms with van der Waals surface area (Å²) in [5.41, 5.74) is 7.08. The average molecular weight is 304 g/mol. The Kier molecular flexibility index (Phi) is 3.19. The van der Waals surface area contributed by atoms with Crippen molar-refractivity contribution < 1.29 is 9.53 Å². The Labute approximate surface area is 123 Å². The molecule has 3 aromatic rings. The molecule has 0 bridgehead atoms. The fraction of sp³-hybridized carbons (Fsp3) is 0.143. The third kappa shape index (κ3) is 2.07. The Bertz CT molecular complexity index is 805. The summed E-state index contributed by atoms with van der Waals surface area (Å²) in [6.07, 6.45) is 0. The lowest BCUT2D eigenvalue weighted by Gasteiger charge is -2.04. The molecule has 3 rings (SSSR count). The fourth-order valence-corrected chi connectivity index (χ4v) is 3.95. The van der Waals surface area contributed by atoms with Gasteiger partial charge in [0.2, 0.25) is 0 Å². The number of nitrogens with two attached hydrogens (primary N) is 1. The van der Waals surface area contributed by atoms with Gasteiger partial charge in [0.25, 0.3) is 5.91 Å². The number of nitrogens with zero attached hydrogens (tertiary/aromatic N) is 1. The van der Waals surface area contributed by atoms with E-state index in [4.69, 9.17) is 10.5 Å². The number of rotatable bonds is 3. The van der Waals surface area contributed by atoms with Crippen LogP contribution >= 0.6 is 22.7 Å². The predicted octanol–water partition coefficient (Wildman–Crippen LogP) is 3.44. The van der Waals surface area contributed by atoms with Gasteiger partial charge in [-0.25, -0.2) is 4.98 Å². The van der Waals surface area contributed by atoms with Crippen LogP contribution in [0.25, 0.3) is 20.7 Å². The zero-order valence-corrected chi connectivity index (χ0v) is 12.6. The Morgan fingerprint density at radius 3 is 2.65 bits per heavy atom. The van der Waals surface area contributed by atoms with Crippen LogP contribution < -0.4 is 10.5 Å². The second-order valence-electron chi connectivity index (χ2n) is 4.29. The highest BCUT2D eigenvalue weighted by Crippen LogP contribution is 2.40. The summed E-state index contributed by atoms with van der Waals surface area (Å²) in [4.78, 5) is 18.0. The summed E-state index contributed by atoms with van der Waals surface area (Å²) in [5, 5.41) is 0.305. The van der Waals surface area contributed by atoms with Crippen molar-refractivity contribution in [1.29, 1.82) is 0 Å². The zero-order chi connectivity index (χ0) is 14.3. The van der Waals surface area contributed by atoms with E-state index in [1.54, 1.807) is 18.4 Å². The van der Waals surface area contributed by atoms with Gasteiger partial charge in [-0.3, -0.25) is 4.79 Å². The minimum atomic E-state index is -0.512. The van der Waals surface area contributed by atoms with Crippen LogP contribution in [0.2, 0.25) is 0 Å². The van der Waals surface area contributed by atoms with Gasteiger partial charge in [0.1, 0.15) is 11.3 Å². The molecular formula is C14H12N2O2S2. The summed E-state index contributed by atoms with van der Waals surface area (Å²) in [6.45, 7) is 2.07. The summed E-state index contributed by atoms with van der Waals surface area (Å²) >= 11 is 3.02. The standard InChI is InChI=1S/C14H12N2O2S2/c1-7-3-6-10(19-7)8-4-5-9(18-2)11-12(8)20-14(16-11)13(15)17/h3-6H,1-2H3,(H2,15,17). The number of hydrogen-bond donors (Lipinski definition) is 1. The van der Waals surface area contributed by atoms with Crippen LogP contribution in [0.1, 0.15) is 14.7 Å². The molecule has 2 N–H and O–H groups in total. The van der Waals surface area contributed by atoms with Gasteiger partial charge in [-0.05, 0) is 31.2 Å². The molecule has 0 aliphatic rings. The minimum absolute atomic E-state index is 0.305. The SMILES string of the molecule is COc1ccc(-c2ccc(C)s2)c2sc(C(N)=O)nc12. The first kappa shape index (κ1) is 13.1. The smallest absolute Gasteiger partial charge is 0.277 e. The zero-order valence-electron chi connectivity index (χ0n) is 11.0. The largest absolute Gasteiger partial charge is 0.494 e. The van der Waals surface area contributed by atoms with Crippen LogP contribution in [-0.4, -0.2) is 18.0 Å². The van der Waals surface area contributed by atoms with Crippen molar-refractivity contribution in [2.75, 3.05) is 7.11 Å². The molecule has 0 fully saturated rings. The quantitative estimate of drug-likeness (QED) is 0.806. The first-order valence-corrected chi connectivity index (χ1v) is 7.57. The van der Waals surface area contributed by atoms with Crippen molar-refractivity contribution >= 4 is 38.8 Å². The normalized spacial score (nSPS) is 10.9. The Balaban J connectivity index is 2.30. The summed E-state index contributed by atoms with van der Waals surface area (Å²) in [5.74, 6) is 0.141. The second-order valence-corrected chi connectivity index (χ2v) is 6.57. The van der Waals surface area contributed by atoms with Gasteiger partial charge in [0, 0.05) is 15.3 Å². The van der Waals surface area contributed by atoms with Gasteiger partial charge in [-0.1, -0.05) is 0 Å². The third-order valence-electron chi connectivity index (χ3n) is 2.94. The molecule has 1 amide bonds. The number of ether oxygens (including phenoxy) is 1. The number of carbonyl (C=O) groups is 1. The molecule has 6 heteroatoms. The van der Waals surface area contributed by atoms with Gasteiger partial charge < -0.3 is 10.5 Å². The molecule has 0 radical (unpaired) electrons. The van der Waals surface area contributed by atoms with Crippen LogP contribution in [0.5, 0.6) is 5.75 Å². The lowest BCUT2D eigenvalue weighted by molar-refractivity contribution is 0.1000. The van der Waals surface area contributed by atoms with Gasteiger partial charge in [0.15, 0.2) is 5.01 Å². The van der Waals surface area contributed by atoms with Crippen LogP contribution in [0.3, 0.4) is 0 Å². The molecule has 20 heavy (non-hydrogen) atoms. The molecule has 0 aliphatic carbocycles. The highest BCUT2D eigenvalue weighted by Gasteiger charge is 2.17. The van der Waals surface area contributed by atoms with E-state index < -0.39 is 5.91 Å². The van der Waals surface area contributed by atoms with Gasteiger partial charge >= 0.3 is 0 Å². The highest BCUT2D eigenvalue weighted by molar-refractivity contribution is 7.21. The summed E-state index contributed by atoms with van der Waals surface area (Å²) in [6, 6.07) is 8.02. The van der Waals surface area contributed by atoms with Crippen molar-refractivity contribution in [2.24, 2.45) is 5.73 Å². The lowest BCUT2D eigenvalue weighted by Crippen LogP contribution is -2.09. The van der Waals surface area contributed by atoms with Crippen LogP contribution in [0, 0.1) is 6.92 Å². The maximum atomic E-state index is 11.4. The molecule has 2 heterocycles. The number of aryl methyl sites for hydroxylation is 1. The number of aromatic nitrogens is 1. The lowest BCUT2D eigenvalue weighted by atomic mass is 10.1. The van der Waals surface area contributed by atoms with Crippen molar-refractivity contribution in [2.45, 2.75) is 6.92 Å². The van der Waals surface area contributed by atoms with Gasteiger partial charge in [-0.15, -0.1) is 22.7 Å². The van der Waals surface area contributed by atoms with Crippen molar-refractivity contribution in [3.63, 3.8) is 0 Å². The van der Waals surface area contributed by atoms with Crippen molar-refractivity contribution in [3.05, 3.63) is 34.2 Å². The number of hydrogen-bond acceptors (Lipinski definition) is 5. The number of fused-ring (bicyclic) bond motifs is 1. The van der Waals surface area contributed by atoms with E-state index in [9.17, 15) is 4.79 Å². The van der Waals surface area contributed by atoms with Crippen LogP contribution in [0.4, 0.5) is 0 Å². The number of primary amides is 1. The van der Waals surface area contributed by atoms with E-state index in [2.05, 4.69) is 24.0 Å². The summed E-state index contributed by atoms with van der Waals surface area (Å²) in [7, 11) is 1.59. The topological polar surface area (TPSA) is 65.2 Å². The Morgan fingerprint density at radius 1 is 1.25 bits per heavy atom. The van der Waals surface area contributed by atoms with E-state index in [0.29, 0.717) is 16.3 Å². The van der Waals surface area contributed by atoms with Crippen LogP contribution in [0.15, 0.2) is 24.3 Å². The van der Waals surface area contributed by atoms with E-state index >= 15 is 0 Å². The summed E-state index contributed by atoms with van der Waals surface area (Å²) < 4.78 is 6.24. The first-order valence-electron chi connectivity index (χ1n) is 5.94. The number of methoxy groups -OCH3 is 1. The maximum absolute atomic E-state index is 11.4. The van der Waals surface area contributed by atoms with E-state index in [-0.39, 0.29) is 0 Å². The number of benzene rings is 1. The second kappa shape index (κ2) is 4.88. The molecule has 0 spiro atoms. The number of carbonyl (C=O) groups excluding carboxylic acids is 1. The Hall–Kier alpha value is -1.92. The molecule has 2 aromatic heterocycles. The number of amides is 1. The molecule has 0 saturated carbocycles. The van der Waals surface area contributed by atoms with Crippen LogP contribution in [-0.2, 0) is 0 Å². The average Bonchev–Trinajstić information content (AvgIpc) is 3.03. The van der Waals surface area contributed by atoms with Crippen molar-refractivity contribution in [1.82, 2.24) is 4.98 Å². The molecule has 102 valence electrons. The predicted molar refractivity (Wildman–Crippen MR) is 82.7 cm³/mol. The molecule has 0 saturated heterocycles. The van der Waals surface area contributed by atoms with Gasteiger partial charge in [0.05, 0.1) is 11.8 Å². The van der Waals surface area contributed by atoms with Crippen molar-refractivity contribution in [3.8, 4) is 16.2 Å². The molecular weight excluding hydrogens is 292 g/mol. The van der Waals surface area contributed by atoms with E-state index in [0.717, 1.165) is 15.1 Å². The number of thiophene rings is 1. The maximum Gasteiger partial charge on any atom is 0.277 e. The molecule has 0 aliphatic heterocycles. The minimum Gasteiger partial charge on any atom is -0.494 e. The van der Waals surface area contributed by atoms with Gasteiger partial charge in [-0.2, -0.15) is 0 Å². The molecule has 1 aromatic carbocycles. The fourth-order valence-electron chi connectivity index (χ4n) is 2.03. The van der Waals surface area contributed by atoms with E-state index in [1.807, 2.05) is 12.1 Å². The Morgan fingerprint density at radius 2 is 2.05 bits per heavy atom.